The maximum atomic E-state index is 13.5. The van der Waals surface area contributed by atoms with Gasteiger partial charge in [-0.15, -0.1) is 0 Å². The van der Waals surface area contributed by atoms with Crippen molar-refractivity contribution in [3.63, 3.8) is 0 Å². The molecule has 0 spiro atoms. The van der Waals surface area contributed by atoms with Gasteiger partial charge in [0.25, 0.3) is 0 Å². The van der Waals surface area contributed by atoms with E-state index in [9.17, 15) is 4.39 Å². The number of nitrogen functional groups attached to an aromatic ring is 1. The van der Waals surface area contributed by atoms with Crippen molar-refractivity contribution in [2.24, 2.45) is 0 Å². The van der Waals surface area contributed by atoms with Gasteiger partial charge in [-0.1, -0.05) is 23.7 Å². The first-order valence-electron chi connectivity index (χ1n) is 5.75. The Balaban J connectivity index is 2.14. The third kappa shape index (κ3) is 3.32. The molecule has 1 heterocycles. The highest BCUT2D eigenvalue weighted by molar-refractivity contribution is 6.29. The zero-order valence-corrected chi connectivity index (χ0v) is 11.4. The van der Waals surface area contributed by atoms with Crippen LogP contribution in [0.4, 0.5) is 16.2 Å². The van der Waals surface area contributed by atoms with Crippen molar-refractivity contribution in [3.8, 4) is 0 Å². The van der Waals surface area contributed by atoms with Gasteiger partial charge in [-0.3, -0.25) is 0 Å². The summed E-state index contributed by atoms with van der Waals surface area (Å²) in [6.45, 7) is 3.99. The van der Waals surface area contributed by atoms with Crippen LogP contribution in [0.2, 0.25) is 5.15 Å². The molecule has 0 aliphatic carbocycles. The predicted octanol–water partition coefficient (Wildman–Crippen LogP) is 3.08. The summed E-state index contributed by atoms with van der Waals surface area (Å²) in [6, 6.07) is 5.17. The molecular weight excluding hydrogens is 267 g/mol. The number of nitrogens with one attached hydrogen (secondary N) is 1. The first-order chi connectivity index (χ1) is 8.95. The minimum absolute atomic E-state index is 0.112. The number of nitrogens with zero attached hydrogens (tertiary/aromatic N) is 2. The van der Waals surface area contributed by atoms with Crippen molar-refractivity contribution in [2.45, 2.75) is 20.4 Å². The highest BCUT2D eigenvalue weighted by Gasteiger charge is 2.05. The number of halogens is 2. The van der Waals surface area contributed by atoms with E-state index in [0.29, 0.717) is 23.5 Å². The lowest BCUT2D eigenvalue weighted by molar-refractivity contribution is 0.608. The van der Waals surface area contributed by atoms with E-state index in [-0.39, 0.29) is 16.9 Å². The van der Waals surface area contributed by atoms with Gasteiger partial charge in [0.05, 0.1) is 0 Å². The first kappa shape index (κ1) is 13.5. The molecule has 0 radical (unpaired) electrons. The molecule has 1 aromatic carbocycles. The fourth-order valence-corrected chi connectivity index (χ4v) is 2.05. The fraction of sp³-hybridized carbons (Fsp3) is 0.231. The summed E-state index contributed by atoms with van der Waals surface area (Å²) >= 11 is 5.78. The molecule has 0 saturated heterocycles. The number of aryl methyl sites for hydroxylation is 2. The topological polar surface area (TPSA) is 63.8 Å². The molecule has 4 nitrogen and oxygen atoms in total. The smallest absolute Gasteiger partial charge is 0.223 e. The van der Waals surface area contributed by atoms with E-state index in [1.807, 2.05) is 0 Å². The molecule has 1 aromatic heterocycles. The van der Waals surface area contributed by atoms with Gasteiger partial charge in [0.15, 0.2) is 0 Å². The van der Waals surface area contributed by atoms with Crippen molar-refractivity contribution in [1.29, 1.82) is 0 Å². The third-order valence-electron chi connectivity index (χ3n) is 2.68. The average Bonchev–Trinajstić information content (AvgIpc) is 2.32. The van der Waals surface area contributed by atoms with E-state index in [0.717, 1.165) is 5.56 Å². The lowest BCUT2D eigenvalue weighted by Gasteiger charge is -2.09. The average molecular weight is 281 g/mol. The van der Waals surface area contributed by atoms with E-state index >= 15 is 0 Å². The number of hydrogen-bond donors (Lipinski definition) is 2. The fourth-order valence-electron chi connectivity index (χ4n) is 1.86. The van der Waals surface area contributed by atoms with Crippen LogP contribution in [0.3, 0.4) is 0 Å². The third-order valence-corrected chi connectivity index (χ3v) is 2.88. The lowest BCUT2D eigenvalue weighted by atomic mass is 10.1. The second-order valence-corrected chi connectivity index (χ2v) is 4.72. The Bertz CT molecular complexity index is 572. The zero-order valence-electron chi connectivity index (χ0n) is 10.7. The number of rotatable bonds is 3. The summed E-state index contributed by atoms with van der Waals surface area (Å²) in [6.07, 6.45) is 0. The SMILES string of the molecule is Cc1cc(CNc2cc(Cl)nc(N)n2)cc(C)c1F. The Hall–Kier alpha value is -1.88. The summed E-state index contributed by atoms with van der Waals surface area (Å²) in [5.74, 6) is 0.483. The van der Waals surface area contributed by atoms with Crippen LogP contribution in [0.1, 0.15) is 16.7 Å². The van der Waals surface area contributed by atoms with Gasteiger partial charge in [0, 0.05) is 12.6 Å². The van der Waals surface area contributed by atoms with Crippen molar-refractivity contribution in [1.82, 2.24) is 9.97 Å². The second kappa shape index (κ2) is 5.40. The Morgan fingerprint density at radius 3 is 2.42 bits per heavy atom. The van der Waals surface area contributed by atoms with Crippen LogP contribution in [0.5, 0.6) is 0 Å². The molecule has 0 saturated carbocycles. The Morgan fingerprint density at radius 1 is 1.21 bits per heavy atom. The highest BCUT2D eigenvalue weighted by Crippen LogP contribution is 2.17. The zero-order chi connectivity index (χ0) is 14.0. The quantitative estimate of drug-likeness (QED) is 0.848. The standard InChI is InChI=1S/C13H14ClFN4/c1-7-3-9(4-8(2)12(7)15)6-17-11-5-10(14)18-13(16)19-11/h3-5H,6H2,1-2H3,(H3,16,17,18,19). The molecular formula is C13H14ClFN4. The first-order valence-corrected chi connectivity index (χ1v) is 6.13. The molecule has 2 aromatic rings. The van der Waals surface area contributed by atoms with Gasteiger partial charge in [0.1, 0.15) is 16.8 Å². The van der Waals surface area contributed by atoms with Crippen molar-refractivity contribution >= 4 is 23.4 Å². The molecule has 0 amide bonds. The summed E-state index contributed by atoms with van der Waals surface area (Å²) in [7, 11) is 0. The molecule has 0 unspecified atom stereocenters. The van der Waals surface area contributed by atoms with Crippen LogP contribution in [-0.4, -0.2) is 9.97 Å². The van der Waals surface area contributed by atoms with Crippen molar-refractivity contribution in [3.05, 3.63) is 45.9 Å². The van der Waals surface area contributed by atoms with Crippen LogP contribution in [0.15, 0.2) is 18.2 Å². The van der Waals surface area contributed by atoms with Gasteiger partial charge < -0.3 is 11.1 Å². The summed E-state index contributed by atoms with van der Waals surface area (Å²) in [5.41, 5.74) is 7.71. The number of nitrogens with two attached hydrogens (primary N) is 1. The lowest BCUT2D eigenvalue weighted by Crippen LogP contribution is -2.05. The summed E-state index contributed by atoms with van der Waals surface area (Å²) < 4.78 is 13.5. The largest absolute Gasteiger partial charge is 0.368 e. The molecule has 2 rings (SSSR count). The normalized spacial score (nSPS) is 10.5. The summed E-state index contributed by atoms with van der Waals surface area (Å²) in [4.78, 5) is 7.78. The van der Waals surface area contributed by atoms with Crippen LogP contribution in [0, 0.1) is 19.7 Å². The van der Waals surface area contributed by atoms with Gasteiger partial charge in [-0.05, 0) is 30.5 Å². The predicted molar refractivity (Wildman–Crippen MR) is 74.7 cm³/mol. The molecule has 0 fully saturated rings. The van der Waals surface area contributed by atoms with Gasteiger partial charge >= 0.3 is 0 Å². The second-order valence-electron chi connectivity index (χ2n) is 4.33. The van der Waals surface area contributed by atoms with E-state index in [1.54, 1.807) is 32.0 Å². The molecule has 0 aliphatic rings. The number of hydrogen-bond acceptors (Lipinski definition) is 4. The highest BCUT2D eigenvalue weighted by atomic mass is 35.5. The number of benzene rings is 1. The van der Waals surface area contributed by atoms with E-state index in [4.69, 9.17) is 17.3 Å². The Morgan fingerprint density at radius 2 is 1.84 bits per heavy atom. The molecule has 0 bridgehead atoms. The monoisotopic (exact) mass is 280 g/mol. The number of aromatic nitrogens is 2. The maximum Gasteiger partial charge on any atom is 0.223 e. The van der Waals surface area contributed by atoms with Gasteiger partial charge in [-0.2, -0.15) is 4.98 Å². The van der Waals surface area contributed by atoms with Gasteiger partial charge in [-0.25, -0.2) is 9.37 Å². The Kier molecular flexibility index (Phi) is 3.85. The Labute approximate surface area is 115 Å². The van der Waals surface area contributed by atoms with Crippen LogP contribution in [0.25, 0.3) is 0 Å². The van der Waals surface area contributed by atoms with Gasteiger partial charge in [0.2, 0.25) is 5.95 Å². The molecule has 3 N–H and O–H groups in total. The van der Waals surface area contributed by atoms with E-state index in [1.165, 1.54) is 0 Å². The van der Waals surface area contributed by atoms with E-state index in [2.05, 4.69) is 15.3 Å². The molecule has 100 valence electrons. The number of anilines is 2. The van der Waals surface area contributed by atoms with Crippen LogP contribution in [-0.2, 0) is 6.54 Å². The molecule has 6 heteroatoms. The van der Waals surface area contributed by atoms with E-state index < -0.39 is 0 Å². The molecule has 19 heavy (non-hydrogen) atoms. The minimum Gasteiger partial charge on any atom is -0.368 e. The summed E-state index contributed by atoms with van der Waals surface area (Å²) in [5, 5.41) is 3.36. The van der Waals surface area contributed by atoms with Crippen molar-refractivity contribution < 1.29 is 4.39 Å². The van der Waals surface area contributed by atoms with Crippen LogP contribution >= 0.6 is 11.6 Å². The maximum absolute atomic E-state index is 13.5. The van der Waals surface area contributed by atoms with Crippen LogP contribution < -0.4 is 11.1 Å². The minimum atomic E-state index is -0.168. The molecule has 0 aliphatic heterocycles. The van der Waals surface area contributed by atoms with Crippen molar-refractivity contribution in [2.75, 3.05) is 11.1 Å². The molecule has 0 atom stereocenters.